The SMILES string of the molecule is NC(=O)C(=Cc1ccc([N+](=O)[O-])cc1)NC(=O)c1ccccc1. The first-order valence-corrected chi connectivity index (χ1v) is 6.60. The third-order valence-electron chi connectivity index (χ3n) is 2.96. The molecule has 0 bridgehead atoms. The second-order valence-electron chi connectivity index (χ2n) is 4.59. The first-order valence-electron chi connectivity index (χ1n) is 6.60. The number of carbonyl (C=O) groups is 2. The highest BCUT2D eigenvalue weighted by atomic mass is 16.6. The van der Waals surface area contributed by atoms with Gasteiger partial charge in [0.1, 0.15) is 5.70 Å². The number of amides is 2. The van der Waals surface area contributed by atoms with Gasteiger partial charge in [0.05, 0.1) is 4.92 Å². The minimum absolute atomic E-state index is 0.0731. The number of benzene rings is 2. The Morgan fingerprint density at radius 2 is 1.65 bits per heavy atom. The van der Waals surface area contributed by atoms with Crippen LogP contribution in [0.1, 0.15) is 15.9 Å². The summed E-state index contributed by atoms with van der Waals surface area (Å²) >= 11 is 0. The summed E-state index contributed by atoms with van der Waals surface area (Å²) in [5.74, 6) is -1.29. The second-order valence-corrected chi connectivity index (χ2v) is 4.59. The van der Waals surface area contributed by atoms with Crippen LogP contribution in [0.2, 0.25) is 0 Å². The van der Waals surface area contributed by atoms with E-state index in [4.69, 9.17) is 5.73 Å². The Morgan fingerprint density at radius 3 is 2.17 bits per heavy atom. The summed E-state index contributed by atoms with van der Waals surface area (Å²) < 4.78 is 0. The number of carbonyl (C=O) groups excluding carboxylic acids is 2. The summed E-state index contributed by atoms with van der Waals surface area (Å²) in [4.78, 5) is 33.6. The molecule has 7 heteroatoms. The molecule has 0 saturated carbocycles. The third kappa shape index (κ3) is 4.24. The molecule has 116 valence electrons. The topological polar surface area (TPSA) is 115 Å². The Labute approximate surface area is 131 Å². The van der Waals surface area contributed by atoms with Crippen LogP contribution in [0, 0.1) is 10.1 Å². The standard InChI is InChI=1S/C16H13N3O4/c17-15(20)14(18-16(21)12-4-2-1-3-5-12)10-11-6-8-13(9-7-11)19(22)23/h1-10H,(H2,17,20)(H,18,21). The third-order valence-corrected chi connectivity index (χ3v) is 2.96. The van der Waals surface area contributed by atoms with Crippen molar-refractivity contribution in [2.75, 3.05) is 0 Å². The number of non-ortho nitro benzene ring substituents is 1. The summed E-state index contributed by atoms with van der Waals surface area (Å²) in [6.45, 7) is 0. The summed E-state index contributed by atoms with van der Waals surface area (Å²) in [6.07, 6.45) is 1.35. The normalized spacial score (nSPS) is 10.9. The number of nitrogens with one attached hydrogen (secondary N) is 1. The van der Waals surface area contributed by atoms with Crippen LogP contribution < -0.4 is 11.1 Å². The van der Waals surface area contributed by atoms with Crippen molar-refractivity contribution in [1.82, 2.24) is 5.32 Å². The smallest absolute Gasteiger partial charge is 0.269 e. The maximum atomic E-state index is 12.0. The molecular weight excluding hydrogens is 298 g/mol. The number of hydrogen-bond donors (Lipinski definition) is 2. The van der Waals surface area contributed by atoms with Crippen LogP contribution in [-0.2, 0) is 4.79 Å². The van der Waals surface area contributed by atoms with Crippen molar-refractivity contribution in [3.8, 4) is 0 Å². The van der Waals surface area contributed by atoms with Crippen LogP contribution in [0.25, 0.3) is 6.08 Å². The van der Waals surface area contributed by atoms with E-state index in [9.17, 15) is 19.7 Å². The quantitative estimate of drug-likeness (QED) is 0.498. The monoisotopic (exact) mass is 311 g/mol. The predicted octanol–water partition coefficient (Wildman–Crippen LogP) is 1.85. The molecule has 2 rings (SSSR count). The van der Waals surface area contributed by atoms with Gasteiger partial charge in [-0.1, -0.05) is 18.2 Å². The van der Waals surface area contributed by atoms with Crippen molar-refractivity contribution < 1.29 is 14.5 Å². The summed E-state index contributed by atoms with van der Waals surface area (Å²) in [5, 5.41) is 13.0. The van der Waals surface area contributed by atoms with Crippen molar-refractivity contribution in [3.63, 3.8) is 0 Å². The molecule has 3 N–H and O–H groups in total. The lowest BCUT2D eigenvalue weighted by Gasteiger charge is -2.07. The van der Waals surface area contributed by atoms with Crippen LogP contribution in [0.5, 0.6) is 0 Å². The van der Waals surface area contributed by atoms with Crippen LogP contribution in [-0.4, -0.2) is 16.7 Å². The largest absolute Gasteiger partial charge is 0.364 e. The molecule has 23 heavy (non-hydrogen) atoms. The zero-order chi connectivity index (χ0) is 16.8. The van der Waals surface area contributed by atoms with Crippen molar-refractivity contribution in [1.29, 1.82) is 0 Å². The van der Waals surface area contributed by atoms with Gasteiger partial charge in [0.2, 0.25) is 0 Å². The Balaban J connectivity index is 2.22. The molecule has 7 nitrogen and oxygen atoms in total. The molecule has 2 aromatic rings. The molecular formula is C16H13N3O4. The molecule has 0 spiro atoms. The molecule has 0 atom stereocenters. The van der Waals surface area contributed by atoms with E-state index in [1.54, 1.807) is 30.3 Å². The van der Waals surface area contributed by atoms with Gasteiger partial charge in [0.25, 0.3) is 17.5 Å². The van der Waals surface area contributed by atoms with E-state index in [-0.39, 0.29) is 11.4 Å². The number of nitro benzene ring substituents is 1. The maximum absolute atomic E-state index is 12.0. The first kappa shape index (κ1) is 15.9. The van der Waals surface area contributed by atoms with Gasteiger partial charge in [-0.25, -0.2) is 0 Å². The zero-order valence-electron chi connectivity index (χ0n) is 11.9. The summed E-state index contributed by atoms with van der Waals surface area (Å²) in [7, 11) is 0. The average molecular weight is 311 g/mol. The van der Waals surface area contributed by atoms with Crippen LogP contribution in [0.3, 0.4) is 0 Å². The fourth-order valence-electron chi connectivity index (χ4n) is 1.81. The van der Waals surface area contributed by atoms with Gasteiger partial charge in [0.15, 0.2) is 0 Å². The molecule has 0 heterocycles. The minimum Gasteiger partial charge on any atom is -0.364 e. The summed E-state index contributed by atoms with van der Waals surface area (Å²) in [6, 6.07) is 13.8. The van der Waals surface area contributed by atoms with E-state index in [0.29, 0.717) is 11.1 Å². The van der Waals surface area contributed by atoms with E-state index in [1.165, 1.54) is 30.3 Å². The molecule has 0 fully saturated rings. The minimum atomic E-state index is -0.812. The summed E-state index contributed by atoms with van der Waals surface area (Å²) in [5.41, 5.74) is 5.96. The highest BCUT2D eigenvalue weighted by Gasteiger charge is 2.12. The molecule has 0 radical (unpaired) electrons. The van der Waals surface area contributed by atoms with Gasteiger partial charge in [0, 0.05) is 17.7 Å². The number of nitrogens with zero attached hydrogens (tertiary/aromatic N) is 1. The lowest BCUT2D eigenvalue weighted by molar-refractivity contribution is -0.384. The van der Waals surface area contributed by atoms with E-state index in [0.717, 1.165) is 0 Å². The van der Waals surface area contributed by atoms with E-state index < -0.39 is 16.7 Å². The molecule has 2 amide bonds. The molecule has 0 aliphatic carbocycles. The average Bonchev–Trinajstić information content (AvgIpc) is 2.55. The number of primary amides is 1. The molecule has 0 aromatic heterocycles. The van der Waals surface area contributed by atoms with Gasteiger partial charge in [-0.2, -0.15) is 0 Å². The number of hydrogen-bond acceptors (Lipinski definition) is 4. The van der Waals surface area contributed by atoms with Crippen molar-refractivity contribution >= 4 is 23.6 Å². The van der Waals surface area contributed by atoms with Gasteiger partial charge in [-0.15, -0.1) is 0 Å². The highest BCUT2D eigenvalue weighted by Crippen LogP contribution is 2.14. The number of rotatable bonds is 5. The second kappa shape index (κ2) is 6.99. The van der Waals surface area contributed by atoms with E-state index in [1.807, 2.05) is 0 Å². The highest BCUT2D eigenvalue weighted by molar-refractivity contribution is 6.04. The van der Waals surface area contributed by atoms with Crippen molar-refractivity contribution in [2.45, 2.75) is 0 Å². The Morgan fingerprint density at radius 1 is 1.04 bits per heavy atom. The van der Waals surface area contributed by atoms with Gasteiger partial charge in [-0.05, 0) is 35.9 Å². The predicted molar refractivity (Wildman–Crippen MR) is 84.2 cm³/mol. The molecule has 0 aliphatic heterocycles. The molecule has 0 saturated heterocycles. The van der Waals surface area contributed by atoms with Gasteiger partial charge >= 0.3 is 0 Å². The van der Waals surface area contributed by atoms with Crippen LogP contribution >= 0.6 is 0 Å². The first-order chi connectivity index (χ1) is 11.0. The zero-order valence-corrected chi connectivity index (χ0v) is 11.9. The fourth-order valence-corrected chi connectivity index (χ4v) is 1.81. The molecule has 0 unspecified atom stereocenters. The van der Waals surface area contributed by atoms with Crippen LogP contribution in [0.4, 0.5) is 5.69 Å². The molecule has 0 aliphatic rings. The fraction of sp³-hybridized carbons (Fsp3) is 0. The van der Waals surface area contributed by atoms with Gasteiger partial charge < -0.3 is 11.1 Å². The Hall–Kier alpha value is -3.48. The lowest BCUT2D eigenvalue weighted by atomic mass is 10.1. The van der Waals surface area contributed by atoms with Crippen LogP contribution in [0.15, 0.2) is 60.3 Å². The Bertz CT molecular complexity index is 768. The van der Waals surface area contributed by atoms with Crippen molar-refractivity contribution in [3.05, 3.63) is 81.5 Å². The number of nitro groups is 1. The van der Waals surface area contributed by atoms with Gasteiger partial charge in [-0.3, -0.25) is 19.7 Å². The molecule has 2 aromatic carbocycles. The van der Waals surface area contributed by atoms with Crippen molar-refractivity contribution in [2.24, 2.45) is 5.73 Å². The van der Waals surface area contributed by atoms with E-state index >= 15 is 0 Å². The lowest BCUT2D eigenvalue weighted by Crippen LogP contribution is -2.31. The number of nitrogens with two attached hydrogens (primary N) is 1. The maximum Gasteiger partial charge on any atom is 0.269 e. The Kier molecular flexibility index (Phi) is 4.83. The van der Waals surface area contributed by atoms with E-state index in [2.05, 4.69) is 5.32 Å².